The summed E-state index contributed by atoms with van der Waals surface area (Å²) >= 11 is 0. The SMILES string of the molecule is COc1ccc(C(=O)C(C)N(C)CC(=O)O)cc1F. The zero-order valence-electron chi connectivity index (χ0n) is 11.0. The highest BCUT2D eigenvalue weighted by molar-refractivity contribution is 6.00. The molecule has 0 saturated heterocycles. The molecule has 1 unspecified atom stereocenters. The second-order valence-electron chi connectivity index (χ2n) is 4.20. The van der Waals surface area contributed by atoms with Crippen LogP contribution in [0.4, 0.5) is 4.39 Å². The van der Waals surface area contributed by atoms with Gasteiger partial charge >= 0.3 is 5.97 Å². The maximum atomic E-state index is 13.5. The number of nitrogens with zero attached hydrogens (tertiary/aromatic N) is 1. The lowest BCUT2D eigenvalue weighted by atomic mass is 10.0. The molecular formula is C13H16FNO4. The molecule has 0 aliphatic rings. The summed E-state index contributed by atoms with van der Waals surface area (Å²) in [5, 5.41) is 8.67. The molecule has 1 N–H and O–H groups in total. The molecule has 19 heavy (non-hydrogen) atoms. The Morgan fingerprint density at radius 2 is 2.11 bits per heavy atom. The van der Waals surface area contributed by atoms with Gasteiger partial charge in [-0.2, -0.15) is 0 Å². The Morgan fingerprint density at radius 1 is 1.47 bits per heavy atom. The molecule has 1 aromatic carbocycles. The van der Waals surface area contributed by atoms with Crippen LogP contribution < -0.4 is 4.74 Å². The fourth-order valence-corrected chi connectivity index (χ4v) is 1.61. The summed E-state index contributed by atoms with van der Waals surface area (Å²) in [6.07, 6.45) is 0. The van der Waals surface area contributed by atoms with Crippen LogP contribution in [0.15, 0.2) is 18.2 Å². The Kier molecular flexibility index (Phi) is 5.00. The summed E-state index contributed by atoms with van der Waals surface area (Å²) in [5.41, 5.74) is 0.183. The summed E-state index contributed by atoms with van der Waals surface area (Å²) in [4.78, 5) is 24.0. The monoisotopic (exact) mass is 269 g/mol. The lowest BCUT2D eigenvalue weighted by molar-refractivity contribution is -0.138. The summed E-state index contributed by atoms with van der Waals surface area (Å²) < 4.78 is 18.3. The number of aliphatic carboxylic acids is 1. The van der Waals surface area contributed by atoms with Gasteiger partial charge in [0.2, 0.25) is 0 Å². The first-order chi connectivity index (χ1) is 8.86. The van der Waals surface area contributed by atoms with E-state index in [1.165, 1.54) is 31.2 Å². The zero-order chi connectivity index (χ0) is 14.6. The summed E-state index contributed by atoms with van der Waals surface area (Å²) in [6.45, 7) is 1.32. The highest BCUT2D eigenvalue weighted by Crippen LogP contribution is 2.19. The Bertz CT molecular complexity index is 490. The molecule has 5 nitrogen and oxygen atoms in total. The fourth-order valence-electron chi connectivity index (χ4n) is 1.61. The van der Waals surface area contributed by atoms with Crippen molar-refractivity contribution >= 4 is 11.8 Å². The van der Waals surface area contributed by atoms with Crippen LogP contribution in [-0.2, 0) is 4.79 Å². The van der Waals surface area contributed by atoms with E-state index in [1.807, 2.05) is 0 Å². The van der Waals surface area contributed by atoms with Crippen molar-refractivity contribution in [3.63, 3.8) is 0 Å². The number of halogens is 1. The molecule has 0 saturated carbocycles. The van der Waals surface area contributed by atoms with Gasteiger partial charge < -0.3 is 9.84 Å². The maximum Gasteiger partial charge on any atom is 0.317 e. The first kappa shape index (κ1) is 15.1. The highest BCUT2D eigenvalue weighted by atomic mass is 19.1. The number of ketones is 1. The van der Waals surface area contributed by atoms with Crippen molar-refractivity contribution in [1.82, 2.24) is 4.90 Å². The molecule has 0 aliphatic carbocycles. The molecule has 1 rings (SSSR count). The van der Waals surface area contributed by atoms with Crippen LogP contribution in [-0.4, -0.2) is 48.5 Å². The summed E-state index contributed by atoms with van der Waals surface area (Å²) in [7, 11) is 2.86. The van der Waals surface area contributed by atoms with Gasteiger partial charge in [-0.1, -0.05) is 0 Å². The molecule has 104 valence electrons. The lowest BCUT2D eigenvalue weighted by Crippen LogP contribution is -2.39. The molecule has 0 heterocycles. The molecule has 1 atom stereocenters. The van der Waals surface area contributed by atoms with E-state index in [9.17, 15) is 14.0 Å². The number of benzene rings is 1. The van der Waals surface area contributed by atoms with Crippen molar-refractivity contribution in [2.45, 2.75) is 13.0 Å². The Balaban J connectivity index is 2.88. The van der Waals surface area contributed by atoms with Crippen LogP contribution in [0.1, 0.15) is 17.3 Å². The topological polar surface area (TPSA) is 66.8 Å². The number of Topliss-reactive ketones (excluding diaryl/α,β-unsaturated/α-hetero) is 1. The summed E-state index contributed by atoms with van der Waals surface area (Å²) in [6, 6.07) is 3.26. The average Bonchev–Trinajstić information content (AvgIpc) is 2.36. The number of hydrogen-bond donors (Lipinski definition) is 1. The smallest absolute Gasteiger partial charge is 0.317 e. The quantitative estimate of drug-likeness (QED) is 0.791. The van der Waals surface area contributed by atoms with Crippen molar-refractivity contribution in [2.75, 3.05) is 20.7 Å². The van der Waals surface area contributed by atoms with Crippen LogP contribution in [0.5, 0.6) is 5.75 Å². The minimum absolute atomic E-state index is 0.0584. The van der Waals surface area contributed by atoms with Gasteiger partial charge in [0.25, 0.3) is 0 Å². The molecule has 0 radical (unpaired) electrons. The van der Waals surface area contributed by atoms with Crippen LogP contribution in [0, 0.1) is 5.82 Å². The molecule has 0 aromatic heterocycles. The van der Waals surface area contributed by atoms with E-state index in [-0.39, 0.29) is 23.6 Å². The second-order valence-corrected chi connectivity index (χ2v) is 4.20. The van der Waals surface area contributed by atoms with E-state index in [4.69, 9.17) is 9.84 Å². The minimum Gasteiger partial charge on any atom is -0.494 e. The van der Waals surface area contributed by atoms with Crippen LogP contribution >= 0.6 is 0 Å². The third kappa shape index (κ3) is 3.75. The minimum atomic E-state index is -1.02. The van der Waals surface area contributed by atoms with Gasteiger partial charge in [-0.25, -0.2) is 4.39 Å². The molecule has 0 spiro atoms. The number of rotatable bonds is 6. The van der Waals surface area contributed by atoms with Crippen molar-refractivity contribution in [3.05, 3.63) is 29.6 Å². The van der Waals surface area contributed by atoms with Gasteiger partial charge in [0.1, 0.15) is 0 Å². The number of hydrogen-bond acceptors (Lipinski definition) is 4. The number of carbonyl (C=O) groups excluding carboxylic acids is 1. The average molecular weight is 269 g/mol. The van der Waals surface area contributed by atoms with E-state index in [0.29, 0.717) is 0 Å². The molecule has 1 aromatic rings. The van der Waals surface area contributed by atoms with Gasteiger partial charge in [-0.15, -0.1) is 0 Å². The van der Waals surface area contributed by atoms with Gasteiger partial charge in [-0.3, -0.25) is 14.5 Å². The van der Waals surface area contributed by atoms with E-state index < -0.39 is 17.8 Å². The highest BCUT2D eigenvalue weighted by Gasteiger charge is 2.22. The largest absolute Gasteiger partial charge is 0.494 e. The molecular weight excluding hydrogens is 253 g/mol. The first-order valence-electron chi connectivity index (χ1n) is 5.66. The fraction of sp³-hybridized carbons (Fsp3) is 0.385. The van der Waals surface area contributed by atoms with Crippen molar-refractivity contribution in [3.8, 4) is 5.75 Å². The molecule has 0 bridgehead atoms. The zero-order valence-corrected chi connectivity index (χ0v) is 11.0. The van der Waals surface area contributed by atoms with Gasteiger partial charge in [0, 0.05) is 5.56 Å². The maximum absolute atomic E-state index is 13.5. The van der Waals surface area contributed by atoms with Crippen molar-refractivity contribution in [1.29, 1.82) is 0 Å². The Morgan fingerprint density at radius 3 is 2.58 bits per heavy atom. The van der Waals surface area contributed by atoms with Crippen LogP contribution in [0.3, 0.4) is 0 Å². The van der Waals surface area contributed by atoms with Gasteiger partial charge in [0.15, 0.2) is 17.3 Å². The number of likely N-dealkylation sites (N-methyl/N-ethyl adjacent to an activating group) is 1. The predicted octanol–water partition coefficient (Wildman–Crippen LogP) is 1.42. The van der Waals surface area contributed by atoms with E-state index in [1.54, 1.807) is 6.92 Å². The number of carboxylic acid groups (broad SMARTS) is 1. The normalized spacial score (nSPS) is 12.3. The predicted molar refractivity (Wildman–Crippen MR) is 67.0 cm³/mol. The van der Waals surface area contributed by atoms with Crippen molar-refractivity contribution in [2.24, 2.45) is 0 Å². The third-order valence-corrected chi connectivity index (χ3v) is 2.86. The van der Waals surface area contributed by atoms with E-state index in [0.717, 1.165) is 6.07 Å². The van der Waals surface area contributed by atoms with Gasteiger partial charge in [0.05, 0.1) is 19.7 Å². The number of methoxy groups -OCH3 is 1. The number of ether oxygens (including phenoxy) is 1. The first-order valence-corrected chi connectivity index (χ1v) is 5.66. The molecule has 0 fully saturated rings. The molecule has 6 heteroatoms. The van der Waals surface area contributed by atoms with Gasteiger partial charge in [-0.05, 0) is 32.2 Å². The standard InChI is InChI=1S/C13H16FNO4/c1-8(15(2)7-12(16)17)13(18)9-4-5-11(19-3)10(14)6-9/h4-6,8H,7H2,1-3H3,(H,16,17). The summed E-state index contributed by atoms with van der Waals surface area (Å²) in [5.74, 6) is -1.93. The van der Waals surface area contributed by atoms with E-state index >= 15 is 0 Å². The Labute approximate surface area is 110 Å². The van der Waals surface area contributed by atoms with Crippen molar-refractivity contribution < 1.29 is 23.8 Å². The Hall–Kier alpha value is -1.95. The van der Waals surface area contributed by atoms with Crippen LogP contribution in [0.25, 0.3) is 0 Å². The van der Waals surface area contributed by atoms with E-state index in [2.05, 4.69) is 0 Å². The molecule has 0 amide bonds. The lowest BCUT2D eigenvalue weighted by Gasteiger charge is -2.21. The molecule has 0 aliphatic heterocycles. The second kappa shape index (κ2) is 6.29. The third-order valence-electron chi connectivity index (χ3n) is 2.86. The number of carbonyl (C=O) groups is 2. The number of carboxylic acids is 1. The van der Waals surface area contributed by atoms with Crippen LogP contribution in [0.2, 0.25) is 0 Å².